The summed E-state index contributed by atoms with van der Waals surface area (Å²) in [5.41, 5.74) is 5.27. The molecule has 0 heterocycles. The van der Waals surface area contributed by atoms with Gasteiger partial charge in [-0.25, -0.2) is 0 Å². The fraction of sp³-hybridized carbons (Fsp3) is 0.385. The van der Waals surface area contributed by atoms with E-state index < -0.39 is 11.4 Å². The van der Waals surface area contributed by atoms with Gasteiger partial charge in [0.25, 0.3) is 5.91 Å². The highest BCUT2D eigenvalue weighted by atomic mass is 32.1. The molecule has 0 bridgehead atoms. The number of carbonyl (C=O) groups is 1. The number of thiocarbonyl (C=S) groups is 1. The van der Waals surface area contributed by atoms with E-state index in [0.29, 0.717) is 0 Å². The Kier molecular flexibility index (Phi) is 3.61. The number of amides is 1. The molecule has 0 aliphatic heterocycles. The standard InChI is InChI=1S/C13H16N2O3S/c14-12(19)13(3-1-2-4-13)15-11(18)8-5-9(16)7-10(17)6-8/h5-7,16-17H,1-4H2,(H2,14,19)(H,15,18). The van der Waals surface area contributed by atoms with Crippen molar-refractivity contribution in [2.75, 3.05) is 0 Å². The average molecular weight is 280 g/mol. The van der Waals surface area contributed by atoms with Crippen LogP contribution in [0, 0.1) is 0 Å². The van der Waals surface area contributed by atoms with Gasteiger partial charge in [0.15, 0.2) is 0 Å². The molecule has 0 saturated heterocycles. The Morgan fingerprint density at radius 1 is 1.21 bits per heavy atom. The van der Waals surface area contributed by atoms with E-state index in [4.69, 9.17) is 18.0 Å². The van der Waals surface area contributed by atoms with Crippen molar-refractivity contribution in [3.8, 4) is 11.5 Å². The molecule has 1 aliphatic carbocycles. The first-order valence-electron chi connectivity index (χ1n) is 6.08. The number of nitrogens with two attached hydrogens (primary N) is 1. The number of phenols is 2. The Morgan fingerprint density at radius 2 is 1.74 bits per heavy atom. The van der Waals surface area contributed by atoms with E-state index in [1.54, 1.807) is 0 Å². The normalized spacial score (nSPS) is 17.1. The van der Waals surface area contributed by atoms with Crippen LogP contribution in [0.25, 0.3) is 0 Å². The molecule has 1 aliphatic rings. The van der Waals surface area contributed by atoms with E-state index in [1.165, 1.54) is 12.1 Å². The molecule has 5 N–H and O–H groups in total. The minimum Gasteiger partial charge on any atom is -0.508 e. The van der Waals surface area contributed by atoms with Crippen molar-refractivity contribution < 1.29 is 15.0 Å². The van der Waals surface area contributed by atoms with Crippen LogP contribution >= 0.6 is 12.2 Å². The summed E-state index contributed by atoms with van der Waals surface area (Å²) in [5, 5.41) is 21.6. The van der Waals surface area contributed by atoms with Gasteiger partial charge in [0.1, 0.15) is 11.5 Å². The molecular weight excluding hydrogens is 264 g/mol. The Balaban J connectivity index is 2.22. The molecule has 0 atom stereocenters. The van der Waals surface area contributed by atoms with Crippen LogP contribution < -0.4 is 11.1 Å². The van der Waals surface area contributed by atoms with Crippen molar-refractivity contribution >= 4 is 23.1 Å². The van der Waals surface area contributed by atoms with Gasteiger partial charge in [-0.3, -0.25) is 4.79 Å². The molecule has 1 aromatic carbocycles. The predicted octanol–water partition coefficient (Wildman–Crippen LogP) is 1.43. The first-order chi connectivity index (χ1) is 8.93. The maximum Gasteiger partial charge on any atom is 0.252 e. The highest BCUT2D eigenvalue weighted by Crippen LogP contribution is 2.30. The van der Waals surface area contributed by atoms with E-state index in [0.717, 1.165) is 31.7 Å². The number of carbonyl (C=O) groups excluding carboxylic acids is 1. The number of rotatable bonds is 3. The van der Waals surface area contributed by atoms with Gasteiger partial charge in [0.05, 0.1) is 10.5 Å². The van der Waals surface area contributed by atoms with Gasteiger partial charge in [-0.1, -0.05) is 25.1 Å². The maximum atomic E-state index is 12.2. The number of benzene rings is 1. The molecule has 6 heteroatoms. The molecule has 0 unspecified atom stereocenters. The average Bonchev–Trinajstić information content (AvgIpc) is 2.77. The van der Waals surface area contributed by atoms with E-state index in [-0.39, 0.29) is 22.1 Å². The number of hydrogen-bond donors (Lipinski definition) is 4. The van der Waals surface area contributed by atoms with Crippen LogP contribution in [0.15, 0.2) is 18.2 Å². The summed E-state index contributed by atoms with van der Waals surface area (Å²) in [6, 6.07) is 3.74. The van der Waals surface area contributed by atoms with Crippen molar-refractivity contribution in [1.29, 1.82) is 0 Å². The molecule has 5 nitrogen and oxygen atoms in total. The first kappa shape index (κ1) is 13.6. The second kappa shape index (κ2) is 5.05. The number of phenolic OH excluding ortho intramolecular Hbond substituents is 2. The van der Waals surface area contributed by atoms with Gasteiger partial charge >= 0.3 is 0 Å². The third-order valence-electron chi connectivity index (χ3n) is 3.45. The van der Waals surface area contributed by atoms with Gasteiger partial charge in [-0.05, 0) is 25.0 Å². The SMILES string of the molecule is NC(=S)C1(NC(=O)c2cc(O)cc(O)c2)CCCC1. The van der Waals surface area contributed by atoms with Crippen molar-refractivity contribution in [1.82, 2.24) is 5.32 Å². The summed E-state index contributed by atoms with van der Waals surface area (Å²) in [6.45, 7) is 0. The molecular formula is C13H16N2O3S. The van der Waals surface area contributed by atoms with Crippen LogP contribution in [0.1, 0.15) is 36.0 Å². The predicted molar refractivity (Wildman–Crippen MR) is 75.2 cm³/mol. The Hall–Kier alpha value is -1.82. The molecule has 2 rings (SSSR count). The van der Waals surface area contributed by atoms with Crippen LogP contribution in [0.3, 0.4) is 0 Å². The van der Waals surface area contributed by atoms with E-state index in [2.05, 4.69) is 5.32 Å². The van der Waals surface area contributed by atoms with Crippen molar-refractivity contribution in [2.24, 2.45) is 5.73 Å². The molecule has 19 heavy (non-hydrogen) atoms. The third-order valence-corrected chi connectivity index (χ3v) is 3.84. The zero-order chi connectivity index (χ0) is 14.0. The van der Waals surface area contributed by atoms with Crippen molar-refractivity contribution in [3.05, 3.63) is 23.8 Å². The minimum atomic E-state index is -0.645. The first-order valence-corrected chi connectivity index (χ1v) is 6.49. The van der Waals surface area contributed by atoms with Gasteiger partial charge in [-0.2, -0.15) is 0 Å². The van der Waals surface area contributed by atoms with E-state index in [1.807, 2.05) is 0 Å². The molecule has 102 valence electrons. The smallest absolute Gasteiger partial charge is 0.252 e. The maximum absolute atomic E-state index is 12.2. The highest BCUT2D eigenvalue weighted by Gasteiger charge is 2.38. The largest absolute Gasteiger partial charge is 0.508 e. The zero-order valence-corrected chi connectivity index (χ0v) is 11.2. The number of nitrogens with one attached hydrogen (secondary N) is 1. The number of hydrogen-bond acceptors (Lipinski definition) is 4. The molecule has 0 aromatic heterocycles. The fourth-order valence-electron chi connectivity index (χ4n) is 2.43. The minimum absolute atomic E-state index is 0.166. The topological polar surface area (TPSA) is 95.6 Å². The second-order valence-electron chi connectivity index (χ2n) is 4.85. The Bertz CT molecular complexity index is 504. The van der Waals surface area contributed by atoms with Crippen LogP contribution in [0.5, 0.6) is 11.5 Å². The van der Waals surface area contributed by atoms with Crippen LogP contribution in [-0.4, -0.2) is 26.6 Å². The lowest BCUT2D eigenvalue weighted by molar-refractivity contribution is 0.0923. The lowest BCUT2D eigenvalue weighted by Gasteiger charge is -2.29. The zero-order valence-electron chi connectivity index (χ0n) is 10.3. The van der Waals surface area contributed by atoms with Crippen molar-refractivity contribution in [2.45, 2.75) is 31.2 Å². The molecule has 1 aromatic rings. The van der Waals surface area contributed by atoms with Crippen molar-refractivity contribution in [3.63, 3.8) is 0 Å². The summed E-state index contributed by atoms with van der Waals surface area (Å²) in [5.74, 6) is -0.734. The summed E-state index contributed by atoms with van der Waals surface area (Å²) in [4.78, 5) is 12.4. The monoisotopic (exact) mass is 280 g/mol. The van der Waals surface area contributed by atoms with Gasteiger partial charge in [0.2, 0.25) is 0 Å². The summed E-state index contributed by atoms with van der Waals surface area (Å²) < 4.78 is 0. The lowest BCUT2D eigenvalue weighted by atomic mass is 9.97. The quantitative estimate of drug-likeness (QED) is 0.628. The summed E-state index contributed by atoms with van der Waals surface area (Å²) in [7, 11) is 0. The lowest BCUT2D eigenvalue weighted by Crippen LogP contribution is -2.54. The van der Waals surface area contributed by atoms with Gasteiger partial charge in [-0.15, -0.1) is 0 Å². The van der Waals surface area contributed by atoms with Crippen LogP contribution in [-0.2, 0) is 0 Å². The fourth-order valence-corrected chi connectivity index (χ4v) is 2.68. The molecule has 1 fully saturated rings. The third kappa shape index (κ3) is 2.78. The highest BCUT2D eigenvalue weighted by molar-refractivity contribution is 7.80. The van der Waals surface area contributed by atoms with Crippen LogP contribution in [0.2, 0.25) is 0 Å². The van der Waals surface area contributed by atoms with Crippen LogP contribution in [0.4, 0.5) is 0 Å². The molecule has 0 radical (unpaired) electrons. The summed E-state index contributed by atoms with van der Waals surface area (Å²) in [6.07, 6.45) is 3.36. The van der Waals surface area contributed by atoms with E-state index in [9.17, 15) is 15.0 Å². The Morgan fingerprint density at radius 3 is 2.21 bits per heavy atom. The number of aromatic hydroxyl groups is 2. The van der Waals surface area contributed by atoms with E-state index >= 15 is 0 Å². The van der Waals surface area contributed by atoms with Gasteiger partial charge < -0.3 is 21.3 Å². The molecule has 0 spiro atoms. The second-order valence-corrected chi connectivity index (χ2v) is 5.29. The summed E-state index contributed by atoms with van der Waals surface area (Å²) >= 11 is 5.05. The molecule has 1 amide bonds. The van der Waals surface area contributed by atoms with Gasteiger partial charge in [0, 0.05) is 11.6 Å². The Labute approximate surface area is 116 Å². The molecule has 1 saturated carbocycles.